The van der Waals surface area contributed by atoms with Gasteiger partial charge in [0.1, 0.15) is 11.4 Å². The lowest BCUT2D eigenvalue weighted by atomic mass is 9.86. The Kier molecular flexibility index (Phi) is 5.19. The minimum atomic E-state index is -0.102. The molecule has 1 aromatic rings. The zero-order valence-corrected chi connectivity index (χ0v) is 15.1. The van der Waals surface area contributed by atoms with Gasteiger partial charge in [-0.1, -0.05) is 18.2 Å². The van der Waals surface area contributed by atoms with Gasteiger partial charge >= 0.3 is 0 Å². The molecule has 5 heteroatoms. The van der Waals surface area contributed by atoms with Gasteiger partial charge < -0.3 is 9.80 Å². The van der Waals surface area contributed by atoms with Gasteiger partial charge in [0, 0.05) is 18.4 Å². The highest BCUT2D eigenvalue weighted by Gasteiger charge is 2.50. The van der Waals surface area contributed by atoms with E-state index in [4.69, 9.17) is 23.2 Å². The number of likely N-dealkylation sites (tertiary alicyclic amines) is 1. The Bertz CT molecular complexity index is 545. The zero-order valence-electron chi connectivity index (χ0n) is 13.6. The summed E-state index contributed by atoms with van der Waals surface area (Å²) in [5.74, 6) is -0.0108. The summed E-state index contributed by atoms with van der Waals surface area (Å²) in [4.78, 5) is 12.6. The Labute approximate surface area is 148 Å². The summed E-state index contributed by atoms with van der Waals surface area (Å²) in [6.45, 7) is 2.24. The summed E-state index contributed by atoms with van der Waals surface area (Å²) >= 11 is 13.2. The molecule has 3 nitrogen and oxygen atoms in total. The lowest BCUT2D eigenvalue weighted by Crippen LogP contribution is -2.66. The first-order valence-electron chi connectivity index (χ1n) is 8.49. The topological polar surface area (TPSA) is 29.1 Å². The van der Waals surface area contributed by atoms with E-state index in [0.29, 0.717) is 5.56 Å². The standard InChI is InChI=1S/C18H24Cl2N2O/c1-22(11-5-6-12-22)17-15(10-9-14(19)16(17)20)21-18(23)13-7-3-2-4-8-13/h2-4,7-8,14-17H,5-6,9-12H2,1H3/p+1/t14?,15?,16-,17+/m1/s1. The van der Waals surface area contributed by atoms with Crippen molar-refractivity contribution in [2.24, 2.45) is 0 Å². The van der Waals surface area contributed by atoms with Crippen LogP contribution in [0.5, 0.6) is 0 Å². The fourth-order valence-corrected chi connectivity index (χ4v) is 5.09. The molecule has 1 saturated heterocycles. The smallest absolute Gasteiger partial charge is 0.251 e. The molecule has 0 aromatic heterocycles. The van der Waals surface area contributed by atoms with E-state index >= 15 is 0 Å². The van der Waals surface area contributed by atoms with Crippen molar-refractivity contribution in [3.8, 4) is 0 Å². The third kappa shape index (κ3) is 3.52. The molecule has 4 atom stereocenters. The molecule has 1 heterocycles. The largest absolute Gasteiger partial charge is 0.343 e. The Morgan fingerprint density at radius 1 is 1.13 bits per heavy atom. The van der Waals surface area contributed by atoms with E-state index in [9.17, 15) is 4.79 Å². The van der Waals surface area contributed by atoms with E-state index in [1.807, 2.05) is 30.3 Å². The first kappa shape index (κ1) is 17.1. The molecule has 2 aliphatic rings. The van der Waals surface area contributed by atoms with E-state index < -0.39 is 0 Å². The minimum absolute atomic E-state index is 0.0108. The van der Waals surface area contributed by atoms with Crippen LogP contribution in [0, 0.1) is 0 Å². The maximum atomic E-state index is 12.6. The van der Waals surface area contributed by atoms with Crippen molar-refractivity contribution in [1.82, 2.24) is 5.32 Å². The van der Waals surface area contributed by atoms with Crippen LogP contribution in [0.3, 0.4) is 0 Å². The maximum absolute atomic E-state index is 12.6. The number of nitrogens with zero attached hydrogens (tertiary/aromatic N) is 1. The molecule has 1 aliphatic carbocycles. The third-order valence-electron chi connectivity index (χ3n) is 5.50. The van der Waals surface area contributed by atoms with Crippen LogP contribution in [0.25, 0.3) is 0 Å². The molecule has 126 valence electrons. The number of carbonyl (C=O) groups is 1. The van der Waals surface area contributed by atoms with E-state index in [-0.39, 0.29) is 28.7 Å². The molecule has 23 heavy (non-hydrogen) atoms. The number of nitrogens with one attached hydrogen (secondary N) is 1. The molecule has 1 aliphatic heterocycles. The fourth-order valence-electron chi connectivity index (χ4n) is 4.24. The van der Waals surface area contributed by atoms with Gasteiger partial charge in [0.15, 0.2) is 0 Å². The quantitative estimate of drug-likeness (QED) is 0.653. The summed E-state index contributed by atoms with van der Waals surface area (Å²) in [6.07, 6.45) is 4.20. The van der Waals surface area contributed by atoms with E-state index in [1.165, 1.54) is 12.8 Å². The second kappa shape index (κ2) is 7.00. The van der Waals surface area contributed by atoms with Crippen LogP contribution in [-0.2, 0) is 0 Å². The maximum Gasteiger partial charge on any atom is 0.251 e. The first-order valence-corrected chi connectivity index (χ1v) is 9.37. The molecular weight excluding hydrogens is 331 g/mol. The van der Waals surface area contributed by atoms with Crippen molar-refractivity contribution in [3.63, 3.8) is 0 Å². The Morgan fingerprint density at radius 2 is 1.78 bits per heavy atom. The van der Waals surface area contributed by atoms with Crippen molar-refractivity contribution in [3.05, 3.63) is 35.9 Å². The van der Waals surface area contributed by atoms with Crippen LogP contribution >= 0.6 is 23.2 Å². The number of alkyl halides is 2. The average Bonchev–Trinajstić information content (AvgIpc) is 2.99. The lowest BCUT2D eigenvalue weighted by Gasteiger charge is -2.48. The minimum Gasteiger partial charge on any atom is -0.343 e. The van der Waals surface area contributed by atoms with E-state index in [1.54, 1.807) is 0 Å². The molecule has 1 saturated carbocycles. The molecule has 0 spiro atoms. The normalized spacial score (nSPS) is 33.3. The summed E-state index contributed by atoms with van der Waals surface area (Å²) < 4.78 is 0.928. The second-order valence-corrected chi connectivity index (χ2v) is 8.17. The molecule has 2 unspecified atom stereocenters. The molecule has 1 N–H and O–H groups in total. The van der Waals surface area contributed by atoms with Gasteiger partial charge in [0.25, 0.3) is 5.91 Å². The predicted molar refractivity (Wildman–Crippen MR) is 95.2 cm³/mol. The van der Waals surface area contributed by atoms with Gasteiger partial charge in [0.2, 0.25) is 0 Å². The number of likely N-dealkylation sites (N-methyl/N-ethyl adjacent to an activating group) is 1. The van der Waals surface area contributed by atoms with E-state index in [2.05, 4.69) is 12.4 Å². The van der Waals surface area contributed by atoms with Crippen LogP contribution in [0.15, 0.2) is 30.3 Å². The molecule has 0 bridgehead atoms. The van der Waals surface area contributed by atoms with Crippen molar-refractivity contribution in [2.45, 2.75) is 48.5 Å². The van der Waals surface area contributed by atoms with Gasteiger partial charge in [-0.15, -0.1) is 23.2 Å². The van der Waals surface area contributed by atoms with Gasteiger partial charge in [-0.3, -0.25) is 4.79 Å². The average molecular weight is 356 g/mol. The fraction of sp³-hybridized carbons (Fsp3) is 0.611. The highest BCUT2D eigenvalue weighted by atomic mass is 35.5. The monoisotopic (exact) mass is 355 g/mol. The first-order chi connectivity index (χ1) is 11.0. The van der Waals surface area contributed by atoms with Crippen LogP contribution < -0.4 is 5.32 Å². The van der Waals surface area contributed by atoms with Crippen molar-refractivity contribution in [2.75, 3.05) is 20.1 Å². The summed E-state index contributed by atoms with van der Waals surface area (Å²) in [5.41, 5.74) is 0.703. The van der Waals surface area contributed by atoms with Crippen LogP contribution in [0.2, 0.25) is 0 Å². The van der Waals surface area contributed by atoms with Gasteiger partial charge in [-0.05, 0) is 25.0 Å². The summed E-state index contributed by atoms with van der Waals surface area (Å²) in [5, 5.41) is 3.13. The van der Waals surface area contributed by atoms with Gasteiger partial charge in [-0.25, -0.2) is 0 Å². The second-order valence-electron chi connectivity index (χ2n) is 7.11. The molecule has 1 aromatic carbocycles. The Balaban J connectivity index is 1.79. The number of hydrogen-bond acceptors (Lipinski definition) is 1. The van der Waals surface area contributed by atoms with Crippen LogP contribution in [-0.4, -0.2) is 53.4 Å². The SMILES string of the molecule is C[N+]1([C@H]2C(NC(=O)c3ccccc3)CCC(Cl)[C@H]2Cl)CCCC1. The molecule has 0 radical (unpaired) electrons. The number of amides is 1. The number of carbonyl (C=O) groups excluding carboxylic acids is 1. The highest BCUT2D eigenvalue weighted by Crippen LogP contribution is 2.36. The Morgan fingerprint density at radius 3 is 2.43 bits per heavy atom. The van der Waals surface area contributed by atoms with Gasteiger partial charge in [0.05, 0.1) is 31.6 Å². The number of halogens is 2. The number of quaternary nitrogens is 1. The molecule has 1 amide bonds. The summed E-state index contributed by atoms with van der Waals surface area (Å²) in [7, 11) is 2.27. The van der Waals surface area contributed by atoms with Crippen molar-refractivity contribution < 1.29 is 9.28 Å². The van der Waals surface area contributed by atoms with Gasteiger partial charge in [-0.2, -0.15) is 0 Å². The molecule has 2 fully saturated rings. The number of hydrogen-bond donors (Lipinski definition) is 1. The number of rotatable bonds is 3. The lowest BCUT2D eigenvalue weighted by molar-refractivity contribution is -0.923. The van der Waals surface area contributed by atoms with E-state index in [0.717, 1.165) is 30.4 Å². The molecule has 3 rings (SSSR count). The Hall–Kier alpha value is -0.770. The highest BCUT2D eigenvalue weighted by molar-refractivity contribution is 6.30. The van der Waals surface area contributed by atoms with Crippen LogP contribution in [0.1, 0.15) is 36.0 Å². The number of benzene rings is 1. The zero-order chi connectivity index (χ0) is 16.4. The van der Waals surface area contributed by atoms with Crippen LogP contribution in [0.4, 0.5) is 0 Å². The molecular formula is C18H25Cl2N2O+. The third-order valence-corrected chi connectivity index (χ3v) is 6.68. The summed E-state index contributed by atoms with van der Waals surface area (Å²) in [6, 6.07) is 9.67. The van der Waals surface area contributed by atoms with Crippen molar-refractivity contribution >= 4 is 29.1 Å². The van der Waals surface area contributed by atoms with Crippen molar-refractivity contribution in [1.29, 1.82) is 0 Å². The predicted octanol–water partition coefficient (Wildman–Crippen LogP) is 3.40.